The zero-order chi connectivity index (χ0) is 16.7. The summed E-state index contributed by atoms with van der Waals surface area (Å²) in [5.41, 5.74) is 2.62. The summed E-state index contributed by atoms with van der Waals surface area (Å²) < 4.78 is 5.89. The van der Waals surface area contributed by atoms with Gasteiger partial charge in [-0.15, -0.1) is 0 Å². The van der Waals surface area contributed by atoms with Crippen molar-refractivity contribution < 1.29 is 4.74 Å². The normalized spacial score (nSPS) is 11.5. The van der Waals surface area contributed by atoms with Crippen LogP contribution in [0.25, 0.3) is 0 Å². The van der Waals surface area contributed by atoms with Gasteiger partial charge in [-0.25, -0.2) is 0 Å². The first-order valence-corrected chi connectivity index (χ1v) is 7.77. The molecule has 3 nitrogen and oxygen atoms in total. The number of hydrogen-bond donors (Lipinski definition) is 0. The smallest absolute Gasteiger partial charge is 0.122 e. The molecule has 0 bridgehead atoms. The van der Waals surface area contributed by atoms with Crippen molar-refractivity contribution in [2.45, 2.75) is 32.1 Å². The van der Waals surface area contributed by atoms with Crippen LogP contribution in [0.2, 0.25) is 0 Å². The van der Waals surface area contributed by atoms with Crippen molar-refractivity contribution in [1.29, 1.82) is 10.5 Å². The van der Waals surface area contributed by atoms with Crippen LogP contribution < -0.4 is 4.74 Å². The Morgan fingerprint density at radius 1 is 1.04 bits per heavy atom. The molecular formula is C20H20N2O. The van der Waals surface area contributed by atoms with Crippen LogP contribution in [0.5, 0.6) is 5.75 Å². The largest absolute Gasteiger partial charge is 0.493 e. The van der Waals surface area contributed by atoms with E-state index >= 15 is 0 Å². The van der Waals surface area contributed by atoms with Crippen molar-refractivity contribution in [1.82, 2.24) is 0 Å². The Labute approximate surface area is 137 Å². The van der Waals surface area contributed by atoms with E-state index in [1.54, 1.807) is 12.1 Å². The van der Waals surface area contributed by atoms with Gasteiger partial charge in [-0.2, -0.15) is 10.5 Å². The van der Waals surface area contributed by atoms with E-state index in [4.69, 9.17) is 10.00 Å². The number of nitriles is 2. The Hall–Kier alpha value is -2.78. The van der Waals surface area contributed by atoms with Crippen LogP contribution in [0, 0.1) is 22.7 Å². The molecule has 0 aromatic heterocycles. The molecule has 2 aromatic carbocycles. The zero-order valence-corrected chi connectivity index (χ0v) is 13.5. The van der Waals surface area contributed by atoms with E-state index in [0.717, 1.165) is 11.3 Å². The number of nitrogens with zero attached hydrogens (tertiary/aromatic N) is 2. The summed E-state index contributed by atoms with van der Waals surface area (Å²) in [7, 11) is 0. The molecule has 0 fully saturated rings. The maximum Gasteiger partial charge on any atom is 0.122 e. The third-order valence-corrected chi connectivity index (χ3v) is 3.78. The lowest BCUT2D eigenvalue weighted by Crippen LogP contribution is -2.06. The van der Waals surface area contributed by atoms with Crippen molar-refractivity contribution in [2.75, 3.05) is 6.61 Å². The molecule has 0 amide bonds. The fraction of sp³-hybridized carbons (Fsp3) is 0.300. The van der Waals surface area contributed by atoms with E-state index in [9.17, 15) is 5.26 Å². The highest BCUT2D eigenvalue weighted by Crippen LogP contribution is 2.27. The van der Waals surface area contributed by atoms with Crippen LogP contribution in [0.3, 0.4) is 0 Å². The van der Waals surface area contributed by atoms with Gasteiger partial charge in [0.05, 0.1) is 30.2 Å². The van der Waals surface area contributed by atoms with Gasteiger partial charge in [0.2, 0.25) is 0 Å². The Bertz CT molecular complexity index is 738. The van der Waals surface area contributed by atoms with E-state index in [0.29, 0.717) is 24.5 Å². The lowest BCUT2D eigenvalue weighted by atomic mass is 9.96. The minimum Gasteiger partial charge on any atom is -0.493 e. The molecule has 116 valence electrons. The standard InChI is InChI=1S/C20H20N2O/c1-15(2)19-8-3-4-9-20(19)23-11-10-18(14-22)17-7-5-6-16(12-17)13-21/h3-9,12,15,18H,10-11H2,1-2H3. The molecule has 2 aromatic rings. The first kappa shape index (κ1) is 16.6. The van der Waals surface area contributed by atoms with Crippen LogP contribution >= 0.6 is 0 Å². The van der Waals surface area contributed by atoms with Crippen molar-refractivity contribution in [3.63, 3.8) is 0 Å². The fourth-order valence-corrected chi connectivity index (χ4v) is 2.51. The summed E-state index contributed by atoms with van der Waals surface area (Å²) in [5, 5.41) is 18.4. The van der Waals surface area contributed by atoms with E-state index in [1.807, 2.05) is 30.3 Å². The van der Waals surface area contributed by atoms with Crippen LogP contribution in [0.1, 0.15) is 48.8 Å². The van der Waals surface area contributed by atoms with Gasteiger partial charge in [-0.1, -0.05) is 44.2 Å². The molecular weight excluding hydrogens is 284 g/mol. The number of rotatable bonds is 6. The van der Waals surface area contributed by atoms with Gasteiger partial charge in [-0.05, 0) is 35.2 Å². The van der Waals surface area contributed by atoms with Gasteiger partial charge < -0.3 is 4.74 Å². The van der Waals surface area contributed by atoms with Gasteiger partial charge in [0, 0.05) is 6.42 Å². The topological polar surface area (TPSA) is 56.8 Å². The summed E-state index contributed by atoms with van der Waals surface area (Å²) >= 11 is 0. The third kappa shape index (κ3) is 4.34. The molecule has 0 radical (unpaired) electrons. The average Bonchev–Trinajstić information content (AvgIpc) is 2.59. The number of benzene rings is 2. The van der Waals surface area contributed by atoms with Gasteiger partial charge in [0.25, 0.3) is 0 Å². The summed E-state index contributed by atoms with van der Waals surface area (Å²) in [6.07, 6.45) is 0.595. The molecule has 0 N–H and O–H groups in total. The highest BCUT2D eigenvalue weighted by Gasteiger charge is 2.13. The predicted molar refractivity (Wildman–Crippen MR) is 90.2 cm³/mol. The van der Waals surface area contributed by atoms with Crippen LogP contribution in [0.15, 0.2) is 48.5 Å². The average molecular weight is 304 g/mol. The molecule has 0 heterocycles. The summed E-state index contributed by atoms with van der Waals surface area (Å²) in [5.74, 6) is 1.00. The van der Waals surface area contributed by atoms with Gasteiger partial charge in [0.15, 0.2) is 0 Å². The van der Waals surface area contributed by atoms with Gasteiger partial charge in [-0.3, -0.25) is 0 Å². The summed E-state index contributed by atoms with van der Waals surface area (Å²) in [6, 6.07) is 19.6. The first-order chi connectivity index (χ1) is 11.2. The first-order valence-electron chi connectivity index (χ1n) is 7.77. The number of ether oxygens (including phenoxy) is 1. The van der Waals surface area contributed by atoms with Crippen LogP contribution in [0.4, 0.5) is 0 Å². The van der Waals surface area contributed by atoms with E-state index < -0.39 is 0 Å². The van der Waals surface area contributed by atoms with Crippen LogP contribution in [-0.4, -0.2) is 6.61 Å². The van der Waals surface area contributed by atoms with E-state index in [1.165, 1.54) is 5.56 Å². The van der Waals surface area contributed by atoms with Crippen molar-refractivity contribution in [2.24, 2.45) is 0 Å². The number of hydrogen-bond acceptors (Lipinski definition) is 3. The maximum atomic E-state index is 9.39. The van der Waals surface area contributed by atoms with Crippen molar-refractivity contribution in [3.05, 3.63) is 65.2 Å². The molecule has 0 saturated carbocycles. The monoisotopic (exact) mass is 304 g/mol. The van der Waals surface area contributed by atoms with Gasteiger partial charge in [0.1, 0.15) is 5.75 Å². The Morgan fingerprint density at radius 3 is 2.52 bits per heavy atom. The Morgan fingerprint density at radius 2 is 1.83 bits per heavy atom. The molecule has 1 atom stereocenters. The Balaban J connectivity index is 2.02. The molecule has 0 aliphatic heterocycles. The molecule has 2 rings (SSSR count). The second-order valence-electron chi connectivity index (χ2n) is 5.75. The molecule has 0 saturated heterocycles. The lowest BCUT2D eigenvalue weighted by Gasteiger charge is -2.15. The molecule has 23 heavy (non-hydrogen) atoms. The predicted octanol–water partition coefficient (Wildman–Crippen LogP) is 4.76. The SMILES string of the molecule is CC(C)c1ccccc1OCCC(C#N)c1cccc(C#N)c1. The fourth-order valence-electron chi connectivity index (χ4n) is 2.51. The van der Waals surface area contributed by atoms with Crippen LogP contribution in [-0.2, 0) is 0 Å². The van der Waals surface area contributed by atoms with E-state index in [2.05, 4.69) is 32.1 Å². The quantitative estimate of drug-likeness (QED) is 0.773. The van der Waals surface area contributed by atoms with Crippen molar-refractivity contribution in [3.8, 4) is 17.9 Å². The third-order valence-electron chi connectivity index (χ3n) is 3.78. The zero-order valence-electron chi connectivity index (χ0n) is 13.5. The highest BCUT2D eigenvalue weighted by molar-refractivity contribution is 5.37. The molecule has 0 aliphatic rings. The number of para-hydroxylation sites is 1. The second-order valence-corrected chi connectivity index (χ2v) is 5.75. The summed E-state index contributed by atoms with van der Waals surface area (Å²) in [6.45, 7) is 4.74. The Kier molecular flexibility index (Phi) is 5.78. The van der Waals surface area contributed by atoms with E-state index in [-0.39, 0.29) is 5.92 Å². The van der Waals surface area contributed by atoms with Crippen molar-refractivity contribution >= 4 is 0 Å². The second kappa shape index (κ2) is 8.01. The summed E-state index contributed by atoms with van der Waals surface area (Å²) in [4.78, 5) is 0. The molecule has 3 heteroatoms. The molecule has 1 unspecified atom stereocenters. The minimum atomic E-state index is -0.269. The maximum absolute atomic E-state index is 9.39. The molecule has 0 aliphatic carbocycles. The minimum absolute atomic E-state index is 0.269. The lowest BCUT2D eigenvalue weighted by molar-refractivity contribution is 0.302. The highest BCUT2D eigenvalue weighted by atomic mass is 16.5. The van der Waals surface area contributed by atoms with Gasteiger partial charge >= 0.3 is 0 Å². The molecule has 0 spiro atoms.